The van der Waals surface area contributed by atoms with Crippen LogP contribution in [0.2, 0.25) is 0 Å². The number of phenols is 1. The van der Waals surface area contributed by atoms with Crippen molar-refractivity contribution in [2.75, 3.05) is 42.5 Å². The summed E-state index contributed by atoms with van der Waals surface area (Å²) < 4.78 is 0. The lowest BCUT2D eigenvalue weighted by atomic mass is 10.1. The molecule has 2 aromatic rings. The fourth-order valence-corrected chi connectivity index (χ4v) is 4.09. The molecule has 26 heavy (non-hydrogen) atoms. The maximum atomic E-state index is 12.9. The zero-order chi connectivity index (χ0) is 18.1. The van der Waals surface area contributed by atoms with E-state index in [-0.39, 0.29) is 11.9 Å². The summed E-state index contributed by atoms with van der Waals surface area (Å²) in [5, 5.41) is 10.0. The Morgan fingerprint density at radius 2 is 1.65 bits per heavy atom. The molecular weight excluding hydrogens is 326 g/mol. The first kappa shape index (κ1) is 16.9. The van der Waals surface area contributed by atoms with Gasteiger partial charge in [0.2, 0.25) is 5.91 Å². The molecule has 0 saturated carbocycles. The van der Waals surface area contributed by atoms with E-state index in [1.165, 1.54) is 5.56 Å². The van der Waals surface area contributed by atoms with Gasteiger partial charge in [-0.1, -0.05) is 30.3 Å². The van der Waals surface area contributed by atoms with E-state index >= 15 is 0 Å². The number of fused-ring (bicyclic) bond motifs is 1. The molecule has 0 radical (unpaired) electrons. The molecule has 1 N–H and O–H groups in total. The Labute approximate surface area is 154 Å². The van der Waals surface area contributed by atoms with Crippen molar-refractivity contribution in [3.63, 3.8) is 0 Å². The van der Waals surface area contributed by atoms with E-state index in [0.717, 1.165) is 44.0 Å². The van der Waals surface area contributed by atoms with E-state index < -0.39 is 0 Å². The molecule has 2 aliphatic rings. The molecule has 1 saturated heterocycles. The Kier molecular flexibility index (Phi) is 4.55. The second-order valence-electron chi connectivity index (χ2n) is 7.20. The van der Waals surface area contributed by atoms with E-state index in [2.05, 4.69) is 22.8 Å². The van der Waals surface area contributed by atoms with Gasteiger partial charge in [-0.05, 0) is 37.1 Å². The third-order valence-electron chi connectivity index (χ3n) is 5.43. The van der Waals surface area contributed by atoms with Crippen molar-refractivity contribution in [2.24, 2.45) is 0 Å². The number of phenolic OH excluding ortho intramolecular Hbond substituents is 1. The first-order valence-electron chi connectivity index (χ1n) is 9.29. The van der Waals surface area contributed by atoms with Crippen molar-refractivity contribution in [1.82, 2.24) is 4.90 Å². The minimum absolute atomic E-state index is 0.179. The summed E-state index contributed by atoms with van der Waals surface area (Å²) in [6.45, 7) is 5.85. The predicted molar refractivity (Wildman–Crippen MR) is 104 cm³/mol. The molecule has 0 aliphatic carbocycles. The van der Waals surface area contributed by atoms with Crippen LogP contribution in [-0.4, -0.2) is 54.7 Å². The largest absolute Gasteiger partial charge is 0.506 e. The molecule has 136 valence electrons. The standard InChI is InChI=1S/C21H25N3O2/c1-16-14-17-6-2-3-7-18(17)24(16)21(26)15-22-10-12-23(13-11-22)19-8-4-5-9-20(19)25/h2-9,16,25H,10-15H2,1H3. The average Bonchev–Trinajstić information content (AvgIpc) is 2.99. The summed E-state index contributed by atoms with van der Waals surface area (Å²) in [6, 6.07) is 15.9. The average molecular weight is 351 g/mol. The van der Waals surface area contributed by atoms with Crippen molar-refractivity contribution < 1.29 is 9.90 Å². The fourth-order valence-electron chi connectivity index (χ4n) is 4.09. The lowest BCUT2D eigenvalue weighted by Gasteiger charge is -2.36. The predicted octanol–water partition coefficient (Wildman–Crippen LogP) is 2.49. The number of carbonyl (C=O) groups excluding carboxylic acids is 1. The normalized spacial score (nSPS) is 20.3. The van der Waals surface area contributed by atoms with Crippen LogP contribution in [0.3, 0.4) is 0 Å². The van der Waals surface area contributed by atoms with Crippen LogP contribution in [0.25, 0.3) is 0 Å². The number of hydrogen-bond acceptors (Lipinski definition) is 4. The second-order valence-corrected chi connectivity index (χ2v) is 7.20. The quantitative estimate of drug-likeness (QED) is 0.923. The highest BCUT2D eigenvalue weighted by atomic mass is 16.3. The maximum Gasteiger partial charge on any atom is 0.241 e. The van der Waals surface area contributed by atoms with Gasteiger partial charge in [-0.25, -0.2) is 0 Å². The third-order valence-corrected chi connectivity index (χ3v) is 5.43. The number of aromatic hydroxyl groups is 1. The van der Waals surface area contributed by atoms with Crippen LogP contribution in [0.4, 0.5) is 11.4 Å². The molecule has 2 aliphatic heterocycles. The molecule has 1 fully saturated rings. The zero-order valence-electron chi connectivity index (χ0n) is 15.1. The maximum absolute atomic E-state index is 12.9. The third kappa shape index (κ3) is 3.15. The first-order chi connectivity index (χ1) is 12.6. The van der Waals surface area contributed by atoms with Crippen LogP contribution in [0.1, 0.15) is 12.5 Å². The fraction of sp³-hybridized carbons (Fsp3) is 0.381. The summed E-state index contributed by atoms with van der Waals surface area (Å²) in [4.78, 5) is 19.3. The van der Waals surface area contributed by atoms with Crippen LogP contribution < -0.4 is 9.80 Å². The highest BCUT2D eigenvalue weighted by Gasteiger charge is 2.31. The van der Waals surface area contributed by atoms with Gasteiger partial charge < -0.3 is 14.9 Å². The van der Waals surface area contributed by atoms with Crippen molar-refractivity contribution in [3.05, 3.63) is 54.1 Å². The zero-order valence-corrected chi connectivity index (χ0v) is 15.1. The Balaban J connectivity index is 1.38. The van der Waals surface area contributed by atoms with Crippen LogP contribution in [-0.2, 0) is 11.2 Å². The number of hydrogen-bond donors (Lipinski definition) is 1. The second kappa shape index (κ2) is 7.00. The Morgan fingerprint density at radius 1 is 1.00 bits per heavy atom. The number of nitrogens with zero attached hydrogens (tertiary/aromatic N) is 3. The molecular formula is C21H25N3O2. The summed E-state index contributed by atoms with van der Waals surface area (Å²) in [7, 11) is 0. The van der Waals surface area contributed by atoms with Gasteiger partial charge in [-0.2, -0.15) is 0 Å². The van der Waals surface area contributed by atoms with Gasteiger partial charge in [-0.15, -0.1) is 0 Å². The van der Waals surface area contributed by atoms with Gasteiger partial charge in [-0.3, -0.25) is 9.69 Å². The monoisotopic (exact) mass is 351 g/mol. The topological polar surface area (TPSA) is 47.0 Å². The van der Waals surface area contributed by atoms with Gasteiger partial charge in [0, 0.05) is 37.9 Å². The molecule has 2 aromatic carbocycles. The molecule has 0 bridgehead atoms. The van der Waals surface area contributed by atoms with E-state index in [9.17, 15) is 9.90 Å². The molecule has 4 rings (SSSR count). The van der Waals surface area contributed by atoms with Crippen LogP contribution in [0, 0.1) is 0 Å². The summed E-state index contributed by atoms with van der Waals surface area (Å²) in [6.07, 6.45) is 0.934. The van der Waals surface area contributed by atoms with Gasteiger partial charge in [0.15, 0.2) is 0 Å². The summed E-state index contributed by atoms with van der Waals surface area (Å²) in [5.74, 6) is 0.498. The Bertz CT molecular complexity index is 799. The number of benzene rings is 2. The highest BCUT2D eigenvalue weighted by Crippen LogP contribution is 2.32. The Morgan fingerprint density at radius 3 is 2.38 bits per heavy atom. The van der Waals surface area contributed by atoms with Crippen LogP contribution in [0.5, 0.6) is 5.75 Å². The first-order valence-corrected chi connectivity index (χ1v) is 9.29. The molecule has 2 heterocycles. The molecule has 0 spiro atoms. The number of para-hydroxylation sites is 3. The molecule has 1 unspecified atom stereocenters. The molecule has 0 aromatic heterocycles. The van der Waals surface area contributed by atoms with Gasteiger partial charge in [0.05, 0.1) is 12.2 Å². The van der Waals surface area contributed by atoms with Crippen LogP contribution >= 0.6 is 0 Å². The highest BCUT2D eigenvalue weighted by molar-refractivity contribution is 5.97. The molecule has 5 heteroatoms. The lowest BCUT2D eigenvalue weighted by molar-refractivity contribution is -0.120. The van der Waals surface area contributed by atoms with E-state index in [1.807, 2.05) is 41.3 Å². The van der Waals surface area contributed by atoms with Crippen LogP contribution in [0.15, 0.2) is 48.5 Å². The summed E-state index contributed by atoms with van der Waals surface area (Å²) in [5.41, 5.74) is 3.20. The molecule has 5 nitrogen and oxygen atoms in total. The van der Waals surface area contributed by atoms with Crippen molar-refractivity contribution in [2.45, 2.75) is 19.4 Å². The number of carbonyl (C=O) groups is 1. The van der Waals surface area contributed by atoms with Gasteiger partial charge in [0.25, 0.3) is 0 Å². The molecule has 1 amide bonds. The Hall–Kier alpha value is -2.53. The van der Waals surface area contributed by atoms with Crippen molar-refractivity contribution in [3.8, 4) is 5.75 Å². The number of anilines is 2. The van der Waals surface area contributed by atoms with Gasteiger partial charge in [0.1, 0.15) is 5.75 Å². The minimum Gasteiger partial charge on any atom is -0.506 e. The number of amides is 1. The number of rotatable bonds is 3. The smallest absolute Gasteiger partial charge is 0.241 e. The summed E-state index contributed by atoms with van der Waals surface area (Å²) >= 11 is 0. The lowest BCUT2D eigenvalue weighted by Crippen LogP contribution is -2.51. The minimum atomic E-state index is 0.179. The van der Waals surface area contributed by atoms with Gasteiger partial charge >= 0.3 is 0 Å². The van der Waals surface area contributed by atoms with Crippen molar-refractivity contribution in [1.29, 1.82) is 0 Å². The van der Waals surface area contributed by atoms with E-state index in [1.54, 1.807) is 6.07 Å². The SMILES string of the molecule is CC1Cc2ccccc2N1C(=O)CN1CCN(c2ccccc2O)CC1. The van der Waals surface area contributed by atoms with E-state index in [4.69, 9.17) is 0 Å². The number of piperazine rings is 1. The van der Waals surface area contributed by atoms with Crippen molar-refractivity contribution >= 4 is 17.3 Å². The molecule has 1 atom stereocenters. The van der Waals surface area contributed by atoms with E-state index in [0.29, 0.717) is 12.3 Å².